The van der Waals surface area contributed by atoms with Gasteiger partial charge in [0, 0.05) is 18.0 Å². The van der Waals surface area contributed by atoms with Gasteiger partial charge in [-0.25, -0.2) is 4.98 Å². The second kappa shape index (κ2) is 4.55. The van der Waals surface area contributed by atoms with Crippen LogP contribution in [0.1, 0.15) is 31.3 Å². The second-order valence-electron chi connectivity index (χ2n) is 4.45. The molecule has 2 aromatic rings. The van der Waals surface area contributed by atoms with Crippen LogP contribution in [0.25, 0.3) is 10.6 Å². The standard InChI is InChI=1S/C13H16N2OS/c1-4-10-11(13(2,3)16)17-12(15-10)9-6-5-7-14-8-9/h5-8,16H,4H2,1-3H3. The van der Waals surface area contributed by atoms with Crippen LogP contribution in [0.3, 0.4) is 0 Å². The van der Waals surface area contributed by atoms with E-state index >= 15 is 0 Å². The van der Waals surface area contributed by atoms with Crippen molar-refractivity contribution in [3.63, 3.8) is 0 Å². The van der Waals surface area contributed by atoms with Gasteiger partial charge in [-0.3, -0.25) is 4.98 Å². The molecule has 0 radical (unpaired) electrons. The first-order chi connectivity index (χ1) is 8.02. The molecule has 0 bridgehead atoms. The minimum absolute atomic E-state index is 0.829. The molecule has 0 saturated heterocycles. The number of hydrogen-bond donors (Lipinski definition) is 1. The molecule has 0 amide bonds. The number of aryl methyl sites for hydroxylation is 1. The van der Waals surface area contributed by atoms with Gasteiger partial charge in [-0.05, 0) is 32.4 Å². The van der Waals surface area contributed by atoms with Gasteiger partial charge in [-0.15, -0.1) is 11.3 Å². The number of aromatic nitrogens is 2. The third-order valence-electron chi connectivity index (χ3n) is 2.50. The van der Waals surface area contributed by atoms with Crippen LogP contribution in [-0.4, -0.2) is 15.1 Å². The lowest BCUT2D eigenvalue weighted by Gasteiger charge is -2.15. The van der Waals surface area contributed by atoms with Crippen molar-refractivity contribution < 1.29 is 5.11 Å². The van der Waals surface area contributed by atoms with Crippen LogP contribution in [-0.2, 0) is 12.0 Å². The summed E-state index contributed by atoms with van der Waals surface area (Å²) in [6.07, 6.45) is 4.37. The molecule has 3 nitrogen and oxygen atoms in total. The van der Waals surface area contributed by atoms with E-state index in [1.165, 1.54) is 0 Å². The summed E-state index contributed by atoms with van der Waals surface area (Å²) in [5.74, 6) is 0. The lowest BCUT2D eigenvalue weighted by molar-refractivity contribution is 0.0814. The maximum atomic E-state index is 10.1. The highest BCUT2D eigenvalue weighted by Crippen LogP contribution is 2.34. The normalized spacial score (nSPS) is 11.8. The Morgan fingerprint density at radius 2 is 2.18 bits per heavy atom. The Morgan fingerprint density at radius 3 is 2.65 bits per heavy atom. The summed E-state index contributed by atoms with van der Waals surface area (Å²) in [6.45, 7) is 5.65. The van der Waals surface area contributed by atoms with Crippen molar-refractivity contribution in [2.45, 2.75) is 32.8 Å². The van der Waals surface area contributed by atoms with Crippen molar-refractivity contribution in [3.8, 4) is 10.6 Å². The number of pyridine rings is 1. The molecule has 0 fully saturated rings. The Hall–Kier alpha value is -1.26. The maximum Gasteiger partial charge on any atom is 0.125 e. The van der Waals surface area contributed by atoms with Crippen molar-refractivity contribution >= 4 is 11.3 Å². The third-order valence-corrected chi connectivity index (χ3v) is 3.96. The van der Waals surface area contributed by atoms with E-state index in [0.717, 1.165) is 27.6 Å². The summed E-state index contributed by atoms with van der Waals surface area (Å²) >= 11 is 1.54. The Kier molecular flexibility index (Phi) is 3.26. The summed E-state index contributed by atoms with van der Waals surface area (Å²) in [6, 6.07) is 3.88. The van der Waals surface area contributed by atoms with E-state index in [0.29, 0.717) is 0 Å². The van der Waals surface area contributed by atoms with Crippen LogP contribution in [0.5, 0.6) is 0 Å². The first kappa shape index (κ1) is 12.2. The summed E-state index contributed by atoms with van der Waals surface area (Å²) in [7, 11) is 0. The number of aliphatic hydroxyl groups is 1. The van der Waals surface area contributed by atoms with Gasteiger partial charge in [0.1, 0.15) is 5.01 Å². The lowest BCUT2D eigenvalue weighted by Crippen LogP contribution is -2.15. The molecule has 0 aliphatic heterocycles. The van der Waals surface area contributed by atoms with Gasteiger partial charge in [0.05, 0.1) is 16.2 Å². The van der Waals surface area contributed by atoms with Crippen LogP contribution < -0.4 is 0 Å². The van der Waals surface area contributed by atoms with Crippen LogP contribution in [0.4, 0.5) is 0 Å². The third kappa shape index (κ3) is 2.53. The molecule has 2 rings (SSSR count). The van der Waals surface area contributed by atoms with Gasteiger partial charge in [0.15, 0.2) is 0 Å². The molecule has 0 aliphatic rings. The smallest absolute Gasteiger partial charge is 0.125 e. The Morgan fingerprint density at radius 1 is 1.41 bits per heavy atom. The van der Waals surface area contributed by atoms with Gasteiger partial charge in [-0.2, -0.15) is 0 Å². The van der Waals surface area contributed by atoms with Gasteiger partial charge < -0.3 is 5.11 Å². The van der Waals surface area contributed by atoms with Gasteiger partial charge in [0.2, 0.25) is 0 Å². The number of nitrogens with zero attached hydrogens (tertiary/aromatic N) is 2. The Bertz CT molecular complexity index is 500. The minimum Gasteiger partial charge on any atom is -0.385 e. The maximum absolute atomic E-state index is 10.1. The van der Waals surface area contributed by atoms with Crippen molar-refractivity contribution in [2.24, 2.45) is 0 Å². The monoisotopic (exact) mass is 248 g/mol. The summed E-state index contributed by atoms with van der Waals surface area (Å²) in [5.41, 5.74) is 1.15. The minimum atomic E-state index is -0.830. The van der Waals surface area contributed by atoms with Crippen molar-refractivity contribution in [1.29, 1.82) is 0 Å². The van der Waals surface area contributed by atoms with Gasteiger partial charge in [-0.1, -0.05) is 6.92 Å². The molecule has 0 aliphatic carbocycles. The Labute approximate surface area is 105 Å². The molecule has 0 unspecified atom stereocenters. The van der Waals surface area contributed by atoms with E-state index < -0.39 is 5.60 Å². The highest BCUT2D eigenvalue weighted by atomic mass is 32.1. The highest BCUT2D eigenvalue weighted by molar-refractivity contribution is 7.15. The SMILES string of the molecule is CCc1nc(-c2cccnc2)sc1C(C)(C)O. The number of hydrogen-bond acceptors (Lipinski definition) is 4. The van der Waals surface area contributed by atoms with E-state index in [1.807, 2.05) is 12.1 Å². The van der Waals surface area contributed by atoms with Crippen LogP contribution >= 0.6 is 11.3 Å². The average Bonchev–Trinajstić information content (AvgIpc) is 2.74. The lowest BCUT2D eigenvalue weighted by atomic mass is 10.1. The van der Waals surface area contributed by atoms with Gasteiger partial charge >= 0.3 is 0 Å². The first-order valence-corrected chi connectivity index (χ1v) is 6.47. The molecule has 0 saturated carbocycles. The Balaban J connectivity index is 2.49. The zero-order valence-corrected chi connectivity index (χ0v) is 11.1. The molecular formula is C13H16N2OS. The molecule has 2 aromatic heterocycles. The quantitative estimate of drug-likeness (QED) is 0.908. The molecule has 4 heteroatoms. The predicted octanol–water partition coefficient (Wildman–Crippen LogP) is 2.99. The van der Waals surface area contributed by atoms with Crippen molar-refractivity contribution in [2.75, 3.05) is 0 Å². The molecule has 17 heavy (non-hydrogen) atoms. The van der Waals surface area contributed by atoms with Crippen LogP contribution in [0.2, 0.25) is 0 Å². The molecule has 90 valence electrons. The summed E-state index contributed by atoms with van der Waals surface area (Å²) in [5, 5.41) is 11.0. The predicted molar refractivity (Wildman–Crippen MR) is 70.0 cm³/mol. The molecule has 1 N–H and O–H groups in total. The fraction of sp³-hybridized carbons (Fsp3) is 0.385. The zero-order valence-electron chi connectivity index (χ0n) is 10.3. The van der Waals surface area contributed by atoms with E-state index in [1.54, 1.807) is 37.6 Å². The van der Waals surface area contributed by atoms with Gasteiger partial charge in [0.25, 0.3) is 0 Å². The molecule has 2 heterocycles. The number of rotatable bonds is 3. The fourth-order valence-electron chi connectivity index (χ4n) is 1.68. The van der Waals surface area contributed by atoms with Crippen molar-refractivity contribution in [3.05, 3.63) is 35.1 Å². The fourth-order valence-corrected chi connectivity index (χ4v) is 2.83. The average molecular weight is 248 g/mol. The topological polar surface area (TPSA) is 46.0 Å². The summed E-state index contributed by atoms with van der Waals surface area (Å²) < 4.78 is 0. The molecule has 0 atom stereocenters. The number of thiazole rings is 1. The van der Waals surface area contributed by atoms with Crippen molar-refractivity contribution in [1.82, 2.24) is 9.97 Å². The van der Waals surface area contributed by atoms with Crippen LogP contribution in [0, 0.1) is 0 Å². The second-order valence-corrected chi connectivity index (χ2v) is 5.45. The molecular weight excluding hydrogens is 232 g/mol. The van der Waals surface area contributed by atoms with E-state index in [4.69, 9.17) is 0 Å². The summed E-state index contributed by atoms with van der Waals surface area (Å²) in [4.78, 5) is 9.62. The zero-order chi connectivity index (χ0) is 12.5. The van der Waals surface area contributed by atoms with E-state index in [9.17, 15) is 5.11 Å². The largest absolute Gasteiger partial charge is 0.385 e. The first-order valence-electron chi connectivity index (χ1n) is 5.65. The van der Waals surface area contributed by atoms with E-state index in [-0.39, 0.29) is 0 Å². The highest BCUT2D eigenvalue weighted by Gasteiger charge is 2.24. The molecule has 0 aromatic carbocycles. The molecule has 0 spiro atoms. The van der Waals surface area contributed by atoms with E-state index in [2.05, 4.69) is 16.9 Å². The van der Waals surface area contributed by atoms with Crippen LogP contribution in [0.15, 0.2) is 24.5 Å².